The highest BCUT2D eigenvalue weighted by atomic mass is 16.5. The van der Waals surface area contributed by atoms with E-state index in [1.54, 1.807) is 13.4 Å². The van der Waals surface area contributed by atoms with Gasteiger partial charge in [-0.05, 0) is 41.5 Å². The van der Waals surface area contributed by atoms with E-state index in [-0.39, 0.29) is 0 Å². The van der Waals surface area contributed by atoms with Crippen LogP contribution in [-0.4, -0.2) is 22.1 Å². The first-order valence-electron chi connectivity index (χ1n) is 7.36. The smallest absolute Gasteiger partial charge is 0.166 e. The molecule has 24 heavy (non-hydrogen) atoms. The van der Waals surface area contributed by atoms with Gasteiger partial charge in [0.25, 0.3) is 0 Å². The normalized spacial score (nSPS) is 10.9. The second-order valence-electron chi connectivity index (χ2n) is 5.22. The number of ether oxygens (including phenoxy) is 1. The van der Waals surface area contributed by atoms with Gasteiger partial charge in [0.05, 0.1) is 18.8 Å². The number of aromatic nitrogens is 3. The molecule has 0 aliphatic rings. The van der Waals surface area contributed by atoms with Gasteiger partial charge in [0.1, 0.15) is 23.6 Å². The lowest BCUT2D eigenvalue weighted by atomic mass is 10.0. The molecule has 0 atom stereocenters. The van der Waals surface area contributed by atoms with Crippen LogP contribution in [-0.2, 0) is 0 Å². The zero-order chi connectivity index (χ0) is 16.5. The third-order valence-electron chi connectivity index (χ3n) is 3.81. The van der Waals surface area contributed by atoms with Gasteiger partial charge in [0, 0.05) is 0 Å². The fourth-order valence-corrected chi connectivity index (χ4v) is 2.64. The molecule has 4 rings (SSSR count). The first-order chi connectivity index (χ1) is 11.8. The molecule has 2 N–H and O–H groups in total. The topological polar surface area (TPSA) is 87.1 Å². The number of rotatable bonds is 3. The van der Waals surface area contributed by atoms with Crippen LogP contribution < -0.4 is 10.5 Å². The zero-order valence-corrected chi connectivity index (χ0v) is 12.9. The van der Waals surface area contributed by atoms with Crippen molar-refractivity contribution >= 4 is 16.9 Å². The summed E-state index contributed by atoms with van der Waals surface area (Å²) in [5.41, 5.74) is 9.17. The van der Waals surface area contributed by atoms with Gasteiger partial charge in [-0.25, -0.2) is 15.0 Å². The predicted octanol–water partition coefficient (Wildman–Crippen LogP) is 3.54. The van der Waals surface area contributed by atoms with E-state index >= 15 is 0 Å². The van der Waals surface area contributed by atoms with Crippen LogP contribution in [0.1, 0.15) is 0 Å². The molecule has 3 aromatic heterocycles. The summed E-state index contributed by atoms with van der Waals surface area (Å²) < 4.78 is 10.7. The summed E-state index contributed by atoms with van der Waals surface area (Å²) in [6.45, 7) is 0. The lowest BCUT2D eigenvalue weighted by molar-refractivity contribution is 0.415. The van der Waals surface area contributed by atoms with Gasteiger partial charge in [0.15, 0.2) is 11.4 Å². The van der Waals surface area contributed by atoms with E-state index in [0.717, 1.165) is 22.3 Å². The first kappa shape index (κ1) is 14.2. The summed E-state index contributed by atoms with van der Waals surface area (Å²) in [6, 6.07) is 13.3. The Hall–Kier alpha value is -3.41. The van der Waals surface area contributed by atoms with Gasteiger partial charge in [-0.1, -0.05) is 12.1 Å². The van der Waals surface area contributed by atoms with Crippen LogP contribution in [0.2, 0.25) is 0 Å². The van der Waals surface area contributed by atoms with Gasteiger partial charge in [-0.2, -0.15) is 0 Å². The first-order valence-corrected chi connectivity index (χ1v) is 7.36. The van der Waals surface area contributed by atoms with Crippen LogP contribution >= 0.6 is 0 Å². The average Bonchev–Trinajstić information content (AvgIpc) is 3.16. The highest BCUT2D eigenvalue weighted by Gasteiger charge is 2.14. The molecule has 0 aliphatic heterocycles. The molecular formula is C18H14N4O2. The summed E-state index contributed by atoms with van der Waals surface area (Å²) in [7, 11) is 1.64. The maximum atomic E-state index is 6.08. The number of benzene rings is 1. The van der Waals surface area contributed by atoms with Gasteiger partial charge in [-0.3, -0.25) is 0 Å². The van der Waals surface area contributed by atoms with Crippen LogP contribution in [0.3, 0.4) is 0 Å². The highest BCUT2D eigenvalue weighted by Crippen LogP contribution is 2.34. The molecule has 118 valence electrons. The van der Waals surface area contributed by atoms with Gasteiger partial charge in [-0.15, -0.1) is 0 Å². The maximum absolute atomic E-state index is 6.08. The summed E-state index contributed by atoms with van der Waals surface area (Å²) in [5.74, 6) is 1.85. The molecule has 0 saturated carbocycles. The van der Waals surface area contributed by atoms with E-state index in [9.17, 15) is 0 Å². The number of anilines is 1. The highest BCUT2D eigenvalue weighted by molar-refractivity contribution is 6.00. The molecule has 3 heterocycles. The molecule has 4 aromatic rings. The van der Waals surface area contributed by atoms with Gasteiger partial charge >= 0.3 is 0 Å². The van der Waals surface area contributed by atoms with E-state index < -0.39 is 0 Å². The Morgan fingerprint density at radius 3 is 2.62 bits per heavy atom. The molecule has 0 saturated heterocycles. The average molecular weight is 318 g/mol. The zero-order valence-electron chi connectivity index (χ0n) is 12.9. The number of hydrogen-bond donors (Lipinski definition) is 1. The van der Waals surface area contributed by atoms with Crippen molar-refractivity contribution in [3.05, 3.63) is 55.1 Å². The Balaban J connectivity index is 2.00. The monoisotopic (exact) mass is 318 g/mol. The SMILES string of the molecule is COc1ccc(-c2cc(-c3ccco3)nc3ncnc(N)c23)cc1. The second kappa shape index (κ2) is 5.66. The quantitative estimate of drug-likeness (QED) is 0.621. The Morgan fingerprint density at radius 1 is 1.08 bits per heavy atom. The van der Waals surface area contributed by atoms with Crippen LogP contribution in [0.4, 0.5) is 5.82 Å². The molecule has 0 amide bonds. The fraction of sp³-hybridized carbons (Fsp3) is 0.0556. The number of nitrogens with zero attached hydrogens (tertiary/aromatic N) is 3. The molecule has 0 unspecified atom stereocenters. The second-order valence-corrected chi connectivity index (χ2v) is 5.22. The molecule has 0 radical (unpaired) electrons. The molecule has 0 fully saturated rings. The van der Waals surface area contributed by atoms with E-state index in [4.69, 9.17) is 14.9 Å². The predicted molar refractivity (Wildman–Crippen MR) is 91.4 cm³/mol. The fourth-order valence-electron chi connectivity index (χ4n) is 2.64. The minimum absolute atomic E-state index is 0.393. The van der Waals surface area contributed by atoms with E-state index in [2.05, 4.69) is 15.0 Å². The molecule has 0 aliphatic carbocycles. The Morgan fingerprint density at radius 2 is 1.92 bits per heavy atom. The minimum Gasteiger partial charge on any atom is -0.497 e. The van der Waals surface area contributed by atoms with E-state index in [1.165, 1.54) is 6.33 Å². The van der Waals surface area contributed by atoms with Crippen molar-refractivity contribution in [2.24, 2.45) is 0 Å². The number of hydrogen-bond acceptors (Lipinski definition) is 6. The van der Waals surface area contributed by atoms with Gasteiger partial charge < -0.3 is 14.9 Å². The van der Waals surface area contributed by atoms with Crippen molar-refractivity contribution in [3.8, 4) is 28.3 Å². The number of fused-ring (bicyclic) bond motifs is 1. The van der Waals surface area contributed by atoms with E-state index in [0.29, 0.717) is 22.9 Å². The van der Waals surface area contributed by atoms with Crippen molar-refractivity contribution in [2.45, 2.75) is 0 Å². The maximum Gasteiger partial charge on any atom is 0.166 e. The summed E-state index contributed by atoms with van der Waals surface area (Å²) in [6.07, 6.45) is 3.02. The Kier molecular flexibility index (Phi) is 3.35. The van der Waals surface area contributed by atoms with Gasteiger partial charge in [0.2, 0.25) is 0 Å². The molecule has 0 spiro atoms. The van der Waals surface area contributed by atoms with Crippen molar-refractivity contribution in [1.82, 2.24) is 15.0 Å². The lowest BCUT2D eigenvalue weighted by Crippen LogP contribution is -1.98. The van der Waals surface area contributed by atoms with Crippen LogP contribution in [0.5, 0.6) is 5.75 Å². The Labute approximate surface area is 137 Å². The molecule has 0 bridgehead atoms. The third kappa shape index (κ3) is 2.34. The summed E-state index contributed by atoms with van der Waals surface area (Å²) in [4.78, 5) is 12.9. The molecule has 6 nitrogen and oxygen atoms in total. The van der Waals surface area contributed by atoms with Crippen LogP contribution in [0, 0.1) is 0 Å². The summed E-state index contributed by atoms with van der Waals surface area (Å²) >= 11 is 0. The number of furan rings is 1. The van der Waals surface area contributed by atoms with E-state index in [1.807, 2.05) is 42.5 Å². The third-order valence-corrected chi connectivity index (χ3v) is 3.81. The minimum atomic E-state index is 0.393. The molecule has 1 aromatic carbocycles. The number of nitrogens with two attached hydrogens (primary N) is 1. The molecule has 6 heteroatoms. The largest absolute Gasteiger partial charge is 0.497 e. The van der Waals surface area contributed by atoms with Crippen LogP contribution in [0.15, 0.2) is 59.5 Å². The summed E-state index contributed by atoms with van der Waals surface area (Å²) in [5, 5.41) is 0.720. The van der Waals surface area contributed by atoms with Crippen molar-refractivity contribution in [2.75, 3.05) is 12.8 Å². The number of methoxy groups -OCH3 is 1. The Bertz CT molecular complexity index is 996. The molecular weight excluding hydrogens is 304 g/mol. The van der Waals surface area contributed by atoms with Crippen molar-refractivity contribution in [3.63, 3.8) is 0 Å². The number of pyridine rings is 1. The van der Waals surface area contributed by atoms with Crippen LogP contribution in [0.25, 0.3) is 33.6 Å². The lowest BCUT2D eigenvalue weighted by Gasteiger charge is -2.10. The van der Waals surface area contributed by atoms with Crippen molar-refractivity contribution < 1.29 is 9.15 Å². The number of nitrogen functional groups attached to an aromatic ring is 1. The van der Waals surface area contributed by atoms with Crippen molar-refractivity contribution in [1.29, 1.82) is 0 Å². The standard InChI is InChI=1S/C18H14N4O2/c1-23-12-6-4-11(5-7-12)13-9-14(15-3-2-8-24-15)22-18-16(13)17(19)20-10-21-18/h2-10H,1H3,(H2,19,20,21,22).